The Balaban J connectivity index is 1.56. The van der Waals surface area contributed by atoms with E-state index in [1.54, 1.807) is 18.3 Å². The van der Waals surface area contributed by atoms with E-state index in [9.17, 15) is 14.4 Å². The molecule has 3 saturated carbocycles. The topological polar surface area (TPSA) is 65.8 Å². The minimum atomic E-state index is -0.661. The van der Waals surface area contributed by atoms with Gasteiger partial charge in [0.25, 0.3) is 0 Å². The Morgan fingerprint density at radius 3 is 2.71 bits per heavy atom. The Morgan fingerprint density at radius 2 is 2.08 bits per heavy atom. The van der Waals surface area contributed by atoms with Gasteiger partial charge in [0.2, 0.25) is 5.91 Å². The summed E-state index contributed by atoms with van der Waals surface area (Å²) in [5.74, 6) is 0.260. The number of rotatable bonds is 3. The van der Waals surface area contributed by atoms with Crippen LogP contribution in [0.4, 0.5) is 10.2 Å². The molecule has 2 aromatic rings. The summed E-state index contributed by atoms with van der Waals surface area (Å²) in [6.45, 7) is 0. The summed E-state index contributed by atoms with van der Waals surface area (Å²) < 4.78 is 14.6. The Kier molecular flexibility index (Phi) is 2.51. The molecule has 1 heterocycles. The molecule has 1 spiro atoms. The van der Waals surface area contributed by atoms with Gasteiger partial charge in [0.05, 0.1) is 11.5 Å². The number of fused-ring (bicyclic) bond motifs is 1. The lowest BCUT2D eigenvalue weighted by Gasteiger charge is -2.12. The molecule has 1 amide bonds. The van der Waals surface area contributed by atoms with E-state index in [0.29, 0.717) is 16.8 Å². The van der Waals surface area contributed by atoms with Gasteiger partial charge in [0.1, 0.15) is 11.6 Å². The highest BCUT2D eigenvalue weighted by Gasteiger charge is 2.76. The summed E-state index contributed by atoms with van der Waals surface area (Å²) in [6.07, 6.45) is 6.22. The molecule has 0 aliphatic heterocycles. The molecule has 4 nitrogen and oxygen atoms in total. The molecule has 120 valence electrons. The molecule has 1 aromatic heterocycles. The number of benzene rings is 1. The second kappa shape index (κ2) is 4.32. The van der Waals surface area contributed by atoms with Crippen LogP contribution in [-0.4, -0.2) is 10.9 Å². The average molecular weight is 321 g/mol. The molecule has 1 N–H and O–H groups in total. The molecule has 1 atom stereocenters. The summed E-state index contributed by atoms with van der Waals surface area (Å²) in [4.78, 5) is 16.1. The van der Waals surface area contributed by atoms with Gasteiger partial charge in [0.15, 0.2) is 0 Å². The summed E-state index contributed by atoms with van der Waals surface area (Å²) in [7, 11) is 0. The maximum absolute atomic E-state index is 14.6. The van der Waals surface area contributed by atoms with Crippen LogP contribution in [-0.2, 0) is 10.2 Å². The van der Waals surface area contributed by atoms with Crippen molar-refractivity contribution in [2.45, 2.75) is 37.5 Å². The molecule has 0 unspecified atom stereocenters. The third kappa shape index (κ3) is 1.83. The summed E-state index contributed by atoms with van der Waals surface area (Å²) in [5.41, 5.74) is -0.140. The third-order valence-corrected chi connectivity index (χ3v) is 5.90. The molecule has 0 saturated heterocycles. The van der Waals surface area contributed by atoms with Gasteiger partial charge < -0.3 is 5.32 Å². The van der Waals surface area contributed by atoms with Gasteiger partial charge in [-0.05, 0) is 61.1 Å². The predicted molar refractivity (Wildman–Crippen MR) is 86.6 cm³/mol. The van der Waals surface area contributed by atoms with Crippen LogP contribution in [0.3, 0.4) is 0 Å². The fourth-order valence-electron chi connectivity index (χ4n) is 3.95. The van der Waals surface area contributed by atoms with E-state index < -0.39 is 5.41 Å². The van der Waals surface area contributed by atoms with Crippen LogP contribution in [0.2, 0.25) is 0 Å². The number of hydrogen-bond acceptors (Lipinski definition) is 3. The number of pyridine rings is 1. The number of anilines is 1. The monoisotopic (exact) mass is 321 g/mol. The smallest absolute Gasteiger partial charge is 0.228 e. The number of aromatic nitrogens is 1. The highest BCUT2D eigenvalue weighted by molar-refractivity contribution is 5.95. The number of nitriles is 1. The van der Waals surface area contributed by atoms with Gasteiger partial charge in [-0.2, -0.15) is 5.26 Å². The Morgan fingerprint density at radius 1 is 1.29 bits per heavy atom. The summed E-state index contributed by atoms with van der Waals surface area (Å²) in [6, 6.07) is 7.37. The second-order valence-electron chi connectivity index (χ2n) is 7.49. The van der Waals surface area contributed by atoms with E-state index in [0.717, 1.165) is 37.5 Å². The predicted octanol–water partition coefficient (Wildman–Crippen LogP) is 3.67. The Labute approximate surface area is 138 Å². The van der Waals surface area contributed by atoms with E-state index in [1.807, 2.05) is 0 Å². The zero-order valence-electron chi connectivity index (χ0n) is 13.1. The number of carbonyl (C=O) groups excluding carboxylic acids is 1. The van der Waals surface area contributed by atoms with Gasteiger partial charge in [0, 0.05) is 23.1 Å². The van der Waals surface area contributed by atoms with Crippen molar-refractivity contribution in [3.05, 3.63) is 35.8 Å². The first-order valence-corrected chi connectivity index (χ1v) is 8.39. The quantitative estimate of drug-likeness (QED) is 0.938. The summed E-state index contributed by atoms with van der Waals surface area (Å²) in [5, 5.41) is 13.9. The molecular formula is C19H16FN3O. The first-order chi connectivity index (χ1) is 11.6. The lowest BCUT2D eigenvalue weighted by Crippen LogP contribution is -2.14. The second-order valence-corrected chi connectivity index (χ2v) is 7.49. The van der Waals surface area contributed by atoms with Crippen molar-refractivity contribution >= 4 is 22.5 Å². The van der Waals surface area contributed by atoms with Crippen LogP contribution < -0.4 is 5.32 Å². The number of nitrogens with zero attached hydrogens (tertiary/aromatic N) is 2. The number of nitrogens with one attached hydrogen (secondary N) is 1. The van der Waals surface area contributed by atoms with Crippen LogP contribution >= 0.6 is 0 Å². The third-order valence-electron chi connectivity index (χ3n) is 5.90. The van der Waals surface area contributed by atoms with Crippen molar-refractivity contribution in [3.8, 4) is 6.07 Å². The van der Waals surface area contributed by atoms with E-state index in [4.69, 9.17) is 0 Å². The fraction of sp³-hybridized carbons (Fsp3) is 0.421. The first-order valence-electron chi connectivity index (χ1n) is 8.39. The van der Waals surface area contributed by atoms with Crippen molar-refractivity contribution in [2.75, 3.05) is 5.32 Å². The minimum Gasteiger partial charge on any atom is -0.310 e. The van der Waals surface area contributed by atoms with Crippen molar-refractivity contribution in [1.82, 2.24) is 4.98 Å². The maximum Gasteiger partial charge on any atom is 0.228 e. The molecule has 0 radical (unpaired) electrons. The molecule has 24 heavy (non-hydrogen) atoms. The highest BCUT2D eigenvalue weighted by Crippen LogP contribution is 2.78. The number of amides is 1. The van der Waals surface area contributed by atoms with E-state index in [2.05, 4.69) is 16.4 Å². The van der Waals surface area contributed by atoms with Crippen molar-refractivity contribution in [3.63, 3.8) is 0 Å². The fourth-order valence-corrected chi connectivity index (χ4v) is 3.95. The van der Waals surface area contributed by atoms with Gasteiger partial charge in [-0.15, -0.1) is 0 Å². The molecule has 0 bridgehead atoms. The standard InChI is InChI=1S/C19H16FN3O/c20-15-6-13-8-22-16(23-17(24)11-1-2-11)7-12(13)5-14(15)19(10-21)9-18(19)3-4-18/h5-8,11H,1-4,9H2,(H,22,23,24)/t19-/m0/s1. The van der Waals surface area contributed by atoms with Crippen LogP contribution in [0.25, 0.3) is 10.8 Å². The highest BCUT2D eigenvalue weighted by atomic mass is 19.1. The minimum absolute atomic E-state index is 0.00296. The summed E-state index contributed by atoms with van der Waals surface area (Å²) >= 11 is 0. The average Bonchev–Trinajstić information content (AvgIpc) is 3.45. The Hall–Kier alpha value is -2.48. The number of halogens is 1. The van der Waals surface area contributed by atoms with Crippen LogP contribution in [0.1, 0.15) is 37.7 Å². The van der Waals surface area contributed by atoms with Crippen LogP contribution in [0, 0.1) is 28.5 Å². The first kappa shape index (κ1) is 13.9. The zero-order chi connectivity index (χ0) is 16.5. The number of hydrogen-bond donors (Lipinski definition) is 1. The lowest BCUT2D eigenvalue weighted by atomic mass is 9.91. The molecule has 1 aromatic carbocycles. The largest absolute Gasteiger partial charge is 0.310 e. The normalized spacial score (nSPS) is 26.2. The van der Waals surface area contributed by atoms with Crippen LogP contribution in [0.5, 0.6) is 0 Å². The lowest BCUT2D eigenvalue weighted by molar-refractivity contribution is -0.117. The van der Waals surface area contributed by atoms with Crippen molar-refractivity contribution in [1.29, 1.82) is 5.26 Å². The van der Waals surface area contributed by atoms with Crippen molar-refractivity contribution in [2.24, 2.45) is 11.3 Å². The molecule has 3 fully saturated rings. The van der Waals surface area contributed by atoms with E-state index in [-0.39, 0.29) is 23.1 Å². The maximum atomic E-state index is 14.6. The number of carbonyl (C=O) groups is 1. The SMILES string of the molecule is N#C[C@]1(c2cc3cc(NC(=O)C4CC4)ncc3cc2F)CC12CC2. The van der Waals surface area contributed by atoms with Gasteiger partial charge in [-0.3, -0.25) is 4.79 Å². The van der Waals surface area contributed by atoms with Crippen LogP contribution in [0.15, 0.2) is 24.4 Å². The molecular weight excluding hydrogens is 305 g/mol. The molecule has 3 aliphatic rings. The van der Waals surface area contributed by atoms with Gasteiger partial charge >= 0.3 is 0 Å². The van der Waals surface area contributed by atoms with Gasteiger partial charge in [-0.1, -0.05) is 0 Å². The molecule has 3 aliphatic carbocycles. The molecule has 5 rings (SSSR count). The zero-order valence-corrected chi connectivity index (χ0v) is 13.1. The van der Waals surface area contributed by atoms with E-state index >= 15 is 0 Å². The molecule has 5 heteroatoms. The van der Waals surface area contributed by atoms with Crippen molar-refractivity contribution < 1.29 is 9.18 Å². The van der Waals surface area contributed by atoms with E-state index in [1.165, 1.54) is 6.07 Å². The Bertz CT molecular complexity index is 940. The van der Waals surface area contributed by atoms with Gasteiger partial charge in [-0.25, -0.2) is 9.37 Å².